The van der Waals surface area contributed by atoms with E-state index in [1.54, 1.807) is 0 Å². The van der Waals surface area contributed by atoms with Gasteiger partial charge in [0.05, 0.1) is 12.9 Å². The fraction of sp³-hybridized carbons (Fsp3) is 0.500. The van der Waals surface area contributed by atoms with Crippen molar-refractivity contribution < 1.29 is 17.9 Å². The predicted octanol–water partition coefficient (Wildman–Crippen LogP) is 1.60. The van der Waals surface area contributed by atoms with Crippen LogP contribution in [0, 0.1) is 5.92 Å². The maximum absolute atomic E-state index is 12.1. The molecule has 0 bridgehead atoms. The molecule has 0 aromatic heterocycles. The molecule has 0 aliphatic carbocycles. The Labute approximate surface area is 113 Å². The van der Waals surface area contributed by atoms with E-state index in [-0.39, 0.29) is 11.7 Å². The van der Waals surface area contributed by atoms with E-state index in [1.807, 2.05) is 30.3 Å². The predicted molar refractivity (Wildman–Crippen MR) is 72.5 cm³/mol. The summed E-state index contributed by atoms with van der Waals surface area (Å²) in [7, 11) is -2.14. The van der Waals surface area contributed by atoms with Gasteiger partial charge >= 0.3 is 5.97 Å². The van der Waals surface area contributed by atoms with Gasteiger partial charge in [0, 0.05) is 0 Å². The molecule has 1 aromatic carbocycles. The van der Waals surface area contributed by atoms with Gasteiger partial charge in [0.1, 0.15) is 0 Å². The first kappa shape index (κ1) is 14.1. The molecule has 5 heteroatoms. The zero-order chi connectivity index (χ0) is 13.9. The fourth-order valence-corrected chi connectivity index (χ4v) is 4.73. The van der Waals surface area contributed by atoms with Gasteiger partial charge in [0.15, 0.2) is 15.1 Å². The van der Waals surface area contributed by atoms with Crippen molar-refractivity contribution in [3.05, 3.63) is 35.9 Å². The largest absolute Gasteiger partial charge is 0.468 e. The van der Waals surface area contributed by atoms with Crippen LogP contribution in [0.15, 0.2) is 30.3 Å². The van der Waals surface area contributed by atoms with Crippen LogP contribution in [0.5, 0.6) is 0 Å². The molecule has 0 unspecified atom stereocenters. The topological polar surface area (TPSA) is 60.4 Å². The minimum absolute atomic E-state index is 0.0814. The lowest BCUT2D eigenvalue weighted by Crippen LogP contribution is -2.43. The minimum Gasteiger partial charge on any atom is -0.468 e. The highest BCUT2D eigenvalue weighted by Gasteiger charge is 2.42. The van der Waals surface area contributed by atoms with Gasteiger partial charge in [0.2, 0.25) is 0 Å². The second-order valence-electron chi connectivity index (χ2n) is 4.90. The molecule has 0 radical (unpaired) electrons. The first-order chi connectivity index (χ1) is 9.04. The van der Waals surface area contributed by atoms with Crippen LogP contribution >= 0.6 is 0 Å². The number of hydrogen-bond donors (Lipinski definition) is 0. The zero-order valence-electron chi connectivity index (χ0n) is 10.9. The minimum atomic E-state index is -3.38. The molecule has 2 atom stereocenters. The summed E-state index contributed by atoms with van der Waals surface area (Å²) < 4.78 is 28.8. The Morgan fingerprint density at radius 2 is 2.00 bits per heavy atom. The smallest absolute Gasteiger partial charge is 0.324 e. The molecule has 1 aromatic rings. The summed E-state index contributed by atoms with van der Waals surface area (Å²) >= 11 is 0. The molecule has 19 heavy (non-hydrogen) atoms. The number of ether oxygens (including phenoxy) is 1. The lowest BCUT2D eigenvalue weighted by Gasteiger charge is -2.29. The van der Waals surface area contributed by atoms with Crippen LogP contribution in [0.1, 0.15) is 18.4 Å². The van der Waals surface area contributed by atoms with Gasteiger partial charge in [-0.1, -0.05) is 30.3 Å². The summed E-state index contributed by atoms with van der Waals surface area (Å²) in [5.41, 5.74) is 1.05. The summed E-state index contributed by atoms with van der Waals surface area (Å²) in [6.45, 7) is 0. The number of hydrogen-bond acceptors (Lipinski definition) is 4. The van der Waals surface area contributed by atoms with E-state index in [2.05, 4.69) is 4.74 Å². The van der Waals surface area contributed by atoms with Gasteiger partial charge in [-0.15, -0.1) is 0 Å². The first-order valence-corrected chi connectivity index (χ1v) is 8.09. The van der Waals surface area contributed by atoms with Crippen LogP contribution < -0.4 is 0 Å². The summed E-state index contributed by atoms with van der Waals surface area (Å²) in [5.74, 6) is -0.729. The van der Waals surface area contributed by atoms with Crippen LogP contribution in [0.3, 0.4) is 0 Å². The van der Waals surface area contributed by atoms with E-state index in [4.69, 9.17) is 0 Å². The quantitative estimate of drug-likeness (QED) is 0.790. The van der Waals surface area contributed by atoms with Crippen LogP contribution in [0.2, 0.25) is 0 Å². The number of rotatable bonds is 3. The third-order valence-corrected chi connectivity index (χ3v) is 5.80. The highest BCUT2D eigenvalue weighted by molar-refractivity contribution is 7.92. The van der Waals surface area contributed by atoms with Crippen molar-refractivity contribution >= 4 is 15.8 Å². The molecule has 0 amide bonds. The van der Waals surface area contributed by atoms with Crippen molar-refractivity contribution in [3.8, 4) is 0 Å². The van der Waals surface area contributed by atoms with Crippen molar-refractivity contribution in [2.45, 2.75) is 24.5 Å². The lowest BCUT2D eigenvalue weighted by atomic mass is 9.91. The molecule has 2 rings (SSSR count). The summed E-state index contributed by atoms with van der Waals surface area (Å²) in [6.07, 6.45) is 1.96. The standard InChI is InChI=1S/C14H18O4S/c1-18-14(15)13-12(8-5-9-19(13,16)17)10-11-6-3-2-4-7-11/h2-4,6-7,12-13H,5,8-10H2,1H3/t12-,13-/m0/s1. The van der Waals surface area contributed by atoms with Gasteiger partial charge in [0.25, 0.3) is 0 Å². The summed E-state index contributed by atoms with van der Waals surface area (Å²) in [5, 5.41) is -1.01. The molecule has 104 valence electrons. The van der Waals surface area contributed by atoms with Gasteiger partial charge in [-0.2, -0.15) is 0 Å². The highest BCUT2D eigenvalue weighted by atomic mass is 32.2. The molecule has 4 nitrogen and oxygen atoms in total. The number of carbonyl (C=O) groups is 1. The third kappa shape index (κ3) is 3.15. The molecule has 1 heterocycles. The first-order valence-electron chi connectivity index (χ1n) is 6.38. The maximum atomic E-state index is 12.1. The van der Waals surface area contributed by atoms with Crippen molar-refractivity contribution in [1.29, 1.82) is 0 Å². The molecular weight excluding hydrogens is 264 g/mol. The summed E-state index contributed by atoms with van der Waals surface area (Å²) in [4.78, 5) is 11.8. The van der Waals surface area contributed by atoms with Crippen molar-refractivity contribution in [2.24, 2.45) is 5.92 Å². The van der Waals surface area contributed by atoms with E-state index in [0.717, 1.165) is 12.0 Å². The molecule has 1 fully saturated rings. The molecule has 0 spiro atoms. The van der Waals surface area contributed by atoms with Crippen LogP contribution in [0.25, 0.3) is 0 Å². The van der Waals surface area contributed by atoms with Crippen molar-refractivity contribution in [1.82, 2.24) is 0 Å². The van der Waals surface area contributed by atoms with Crippen molar-refractivity contribution in [2.75, 3.05) is 12.9 Å². The number of esters is 1. The Hall–Kier alpha value is -1.36. The Morgan fingerprint density at radius 1 is 1.32 bits per heavy atom. The number of methoxy groups -OCH3 is 1. The maximum Gasteiger partial charge on any atom is 0.324 e. The van der Waals surface area contributed by atoms with Crippen LogP contribution in [-0.4, -0.2) is 32.5 Å². The van der Waals surface area contributed by atoms with E-state index in [1.165, 1.54) is 7.11 Å². The molecular formula is C14H18O4S. The number of benzene rings is 1. The van der Waals surface area contributed by atoms with Crippen LogP contribution in [-0.2, 0) is 25.8 Å². The Balaban J connectivity index is 2.24. The Morgan fingerprint density at radius 3 is 2.63 bits per heavy atom. The average molecular weight is 282 g/mol. The number of carbonyl (C=O) groups excluding carboxylic acids is 1. The third-order valence-electron chi connectivity index (χ3n) is 3.59. The van der Waals surface area contributed by atoms with Crippen molar-refractivity contribution in [3.63, 3.8) is 0 Å². The fourth-order valence-electron chi connectivity index (χ4n) is 2.70. The van der Waals surface area contributed by atoms with Gasteiger partial charge in [-0.3, -0.25) is 4.79 Å². The molecule has 1 saturated heterocycles. The Kier molecular flexibility index (Phi) is 4.24. The second kappa shape index (κ2) is 5.74. The normalized spacial score (nSPS) is 25.7. The van der Waals surface area contributed by atoms with E-state index < -0.39 is 21.1 Å². The molecule has 1 aliphatic heterocycles. The van der Waals surface area contributed by atoms with E-state index >= 15 is 0 Å². The highest BCUT2D eigenvalue weighted by Crippen LogP contribution is 2.29. The Bertz CT molecular complexity index is 536. The molecule has 0 saturated carbocycles. The SMILES string of the molecule is COC(=O)[C@@H]1[C@H](Cc2ccccc2)CCCS1(=O)=O. The average Bonchev–Trinajstić information content (AvgIpc) is 2.38. The van der Waals surface area contributed by atoms with Gasteiger partial charge in [-0.05, 0) is 30.7 Å². The van der Waals surface area contributed by atoms with Gasteiger partial charge in [-0.25, -0.2) is 8.42 Å². The lowest BCUT2D eigenvalue weighted by molar-refractivity contribution is -0.141. The van der Waals surface area contributed by atoms with Gasteiger partial charge < -0.3 is 4.74 Å². The molecule has 1 aliphatic rings. The summed E-state index contributed by atoms with van der Waals surface area (Å²) in [6, 6.07) is 9.66. The van der Waals surface area contributed by atoms with E-state index in [9.17, 15) is 13.2 Å². The molecule has 0 N–H and O–H groups in total. The van der Waals surface area contributed by atoms with E-state index in [0.29, 0.717) is 12.8 Å². The zero-order valence-corrected chi connectivity index (χ0v) is 11.7. The van der Waals surface area contributed by atoms with Crippen LogP contribution in [0.4, 0.5) is 0 Å². The monoisotopic (exact) mass is 282 g/mol. The number of sulfone groups is 1. The second-order valence-corrected chi connectivity index (χ2v) is 7.14.